The van der Waals surface area contributed by atoms with E-state index in [0.29, 0.717) is 21.8 Å². The second kappa shape index (κ2) is 7.02. The van der Waals surface area contributed by atoms with Crippen molar-refractivity contribution in [3.8, 4) is 11.4 Å². The minimum atomic E-state index is 0.510. The van der Waals surface area contributed by atoms with E-state index in [9.17, 15) is 0 Å². The van der Waals surface area contributed by atoms with Crippen LogP contribution in [-0.4, -0.2) is 16.5 Å². The smallest absolute Gasteiger partial charge is 0.159 e. The summed E-state index contributed by atoms with van der Waals surface area (Å²) in [6.45, 7) is 6.05. The lowest BCUT2D eigenvalue weighted by Crippen LogP contribution is -2.19. The van der Waals surface area contributed by atoms with Crippen LogP contribution in [0, 0.1) is 5.92 Å². The van der Waals surface area contributed by atoms with Crippen LogP contribution in [0.5, 0.6) is 0 Å². The van der Waals surface area contributed by atoms with Crippen LogP contribution in [0.15, 0.2) is 30.5 Å². The summed E-state index contributed by atoms with van der Waals surface area (Å²) in [7, 11) is 0. The molecule has 3 nitrogen and oxygen atoms in total. The molecule has 1 heterocycles. The molecule has 2 aromatic rings. The molecule has 0 aliphatic carbocycles. The maximum atomic E-state index is 6.02. The molecule has 0 saturated carbocycles. The molecule has 1 aromatic heterocycles. The summed E-state index contributed by atoms with van der Waals surface area (Å²) in [4.78, 5) is 8.82. The second-order valence-corrected chi connectivity index (χ2v) is 5.84. The van der Waals surface area contributed by atoms with Gasteiger partial charge in [-0.2, -0.15) is 0 Å². The van der Waals surface area contributed by atoms with Gasteiger partial charge in [-0.25, -0.2) is 9.97 Å². The molecule has 0 amide bonds. The number of benzene rings is 1. The average molecular weight is 310 g/mol. The molecule has 20 heavy (non-hydrogen) atoms. The molecular formula is C15H17Cl2N3. The van der Waals surface area contributed by atoms with Gasteiger partial charge < -0.3 is 5.32 Å². The molecule has 0 radical (unpaired) electrons. The quantitative estimate of drug-likeness (QED) is 0.899. The van der Waals surface area contributed by atoms with Gasteiger partial charge in [-0.05, 0) is 36.7 Å². The normalized spacial score (nSPS) is 11.1. The number of hydrogen-bond acceptors (Lipinski definition) is 3. The molecule has 0 fully saturated rings. The predicted octanol–water partition coefficient (Wildman–Crippen LogP) is 4.20. The Balaban J connectivity index is 2.14. The Hall–Kier alpha value is -1.16. The number of rotatable bonds is 5. The third-order valence-corrected chi connectivity index (χ3v) is 3.49. The van der Waals surface area contributed by atoms with Gasteiger partial charge in [-0.15, -0.1) is 0 Å². The van der Waals surface area contributed by atoms with Crippen LogP contribution in [0.4, 0.5) is 0 Å². The molecule has 0 spiro atoms. The molecule has 0 unspecified atom stereocenters. The third-order valence-electron chi connectivity index (χ3n) is 2.75. The zero-order chi connectivity index (χ0) is 14.5. The minimum Gasteiger partial charge on any atom is -0.311 e. The van der Waals surface area contributed by atoms with E-state index < -0.39 is 0 Å². The maximum Gasteiger partial charge on any atom is 0.159 e. The predicted molar refractivity (Wildman–Crippen MR) is 84.0 cm³/mol. The number of nitrogens with one attached hydrogen (secondary N) is 1. The van der Waals surface area contributed by atoms with Crippen molar-refractivity contribution in [3.63, 3.8) is 0 Å². The van der Waals surface area contributed by atoms with Crippen LogP contribution >= 0.6 is 23.2 Å². The molecule has 1 aromatic carbocycles. The van der Waals surface area contributed by atoms with Crippen LogP contribution in [0.25, 0.3) is 11.4 Å². The van der Waals surface area contributed by atoms with Gasteiger partial charge in [0.15, 0.2) is 5.82 Å². The highest BCUT2D eigenvalue weighted by atomic mass is 35.5. The first-order valence-electron chi connectivity index (χ1n) is 6.54. The topological polar surface area (TPSA) is 37.8 Å². The Kier molecular flexibility index (Phi) is 5.35. The first-order chi connectivity index (χ1) is 9.56. The van der Waals surface area contributed by atoms with Crippen molar-refractivity contribution >= 4 is 23.2 Å². The highest BCUT2D eigenvalue weighted by molar-refractivity contribution is 6.42. The van der Waals surface area contributed by atoms with Gasteiger partial charge in [0.25, 0.3) is 0 Å². The Morgan fingerprint density at radius 1 is 1.15 bits per heavy atom. The molecule has 0 saturated heterocycles. The van der Waals surface area contributed by atoms with E-state index in [1.165, 1.54) is 0 Å². The lowest BCUT2D eigenvalue weighted by Gasteiger charge is -2.08. The summed E-state index contributed by atoms with van der Waals surface area (Å²) in [6, 6.07) is 7.32. The van der Waals surface area contributed by atoms with E-state index in [1.54, 1.807) is 18.3 Å². The standard InChI is InChI=1S/C15H17Cl2N3/c1-10(2)8-18-9-12-5-6-19-15(20-12)11-3-4-13(16)14(17)7-11/h3-7,10,18H,8-9H2,1-2H3. The van der Waals surface area contributed by atoms with Gasteiger partial charge in [0.2, 0.25) is 0 Å². The van der Waals surface area contributed by atoms with Crippen LogP contribution in [0.2, 0.25) is 10.0 Å². The Bertz CT molecular complexity index is 585. The molecule has 0 atom stereocenters. The number of nitrogens with zero attached hydrogens (tertiary/aromatic N) is 2. The summed E-state index contributed by atoms with van der Waals surface area (Å²) < 4.78 is 0. The third kappa shape index (κ3) is 4.17. The molecule has 1 N–H and O–H groups in total. The maximum absolute atomic E-state index is 6.02. The van der Waals surface area contributed by atoms with Crippen LogP contribution in [-0.2, 0) is 6.54 Å². The fourth-order valence-corrected chi connectivity index (χ4v) is 2.06. The molecule has 0 bridgehead atoms. The van der Waals surface area contributed by atoms with Crippen molar-refractivity contribution in [2.75, 3.05) is 6.54 Å². The molecule has 2 rings (SSSR count). The van der Waals surface area contributed by atoms with E-state index in [4.69, 9.17) is 23.2 Å². The van der Waals surface area contributed by atoms with Crippen LogP contribution < -0.4 is 5.32 Å². The van der Waals surface area contributed by atoms with Crippen molar-refractivity contribution in [2.45, 2.75) is 20.4 Å². The zero-order valence-electron chi connectivity index (χ0n) is 11.5. The van der Waals surface area contributed by atoms with Gasteiger partial charge in [0, 0.05) is 18.3 Å². The van der Waals surface area contributed by atoms with Gasteiger partial charge >= 0.3 is 0 Å². The fraction of sp³-hybridized carbons (Fsp3) is 0.333. The van der Waals surface area contributed by atoms with Crippen molar-refractivity contribution in [1.82, 2.24) is 15.3 Å². The Morgan fingerprint density at radius 2 is 1.95 bits per heavy atom. The van der Waals surface area contributed by atoms with E-state index in [0.717, 1.165) is 24.3 Å². The van der Waals surface area contributed by atoms with E-state index in [1.807, 2.05) is 12.1 Å². The van der Waals surface area contributed by atoms with Crippen molar-refractivity contribution < 1.29 is 0 Å². The summed E-state index contributed by atoms with van der Waals surface area (Å²) in [5.74, 6) is 1.28. The van der Waals surface area contributed by atoms with Crippen LogP contribution in [0.1, 0.15) is 19.5 Å². The number of aromatic nitrogens is 2. The number of hydrogen-bond donors (Lipinski definition) is 1. The first-order valence-corrected chi connectivity index (χ1v) is 7.30. The summed E-state index contributed by atoms with van der Waals surface area (Å²) >= 11 is 11.9. The number of halogens is 2. The Labute approximate surface area is 129 Å². The molecular weight excluding hydrogens is 293 g/mol. The lowest BCUT2D eigenvalue weighted by atomic mass is 10.2. The minimum absolute atomic E-state index is 0.510. The summed E-state index contributed by atoms with van der Waals surface area (Å²) in [6.07, 6.45) is 1.76. The van der Waals surface area contributed by atoms with E-state index >= 15 is 0 Å². The summed E-state index contributed by atoms with van der Waals surface area (Å²) in [5.41, 5.74) is 1.83. The SMILES string of the molecule is CC(C)CNCc1ccnc(-c2ccc(Cl)c(Cl)c2)n1. The zero-order valence-corrected chi connectivity index (χ0v) is 13.0. The van der Waals surface area contributed by atoms with Crippen molar-refractivity contribution in [3.05, 3.63) is 46.2 Å². The highest BCUT2D eigenvalue weighted by Crippen LogP contribution is 2.26. The summed E-state index contributed by atoms with van der Waals surface area (Å²) in [5, 5.41) is 4.41. The van der Waals surface area contributed by atoms with Crippen molar-refractivity contribution in [1.29, 1.82) is 0 Å². The van der Waals surface area contributed by atoms with E-state index in [-0.39, 0.29) is 0 Å². The second-order valence-electron chi connectivity index (χ2n) is 5.03. The largest absolute Gasteiger partial charge is 0.311 e. The fourth-order valence-electron chi connectivity index (χ4n) is 1.76. The van der Waals surface area contributed by atoms with Gasteiger partial charge in [-0.3, -0.25) is 0 Å². The van der Waals surface area contributed by atoms with Crippen LogP contribution in [0.3, 0.4) is 0 Å². The van der Waals surface area contributed by atoms with Gasteiger partial charge in [0.05, 0.1) is 15.7 Å². The molecule has 106 valence electrons. The first kappa shape index (κ1) is 15.2. The average Bonchev–Trinajstić information content (AvgIpc) is 2.42. The van der Waals surface area contributed by atoms with Gasteiger partial charge in [-0.1, -0.05) is 37.0 Å². The van der Waals surface area contributed by atoms with E-state index in [2.05, 4.69) is 29.1 Å². The lowest BCUT2D eigenvalue weighted by molar-refractivity contribution is 0.548. The molecule has 0 aliphatic heterocycles. The monoisotopic (exact) mass is 309 g/mol. The highest BCUT2D eigenvalue weighted by Gasteiger charge is 2.06. The molecule has 0 aliphatic rings. The van der Waals surface area contributed by atoms with Crippen molar-refractivity contribution in [2.24, 2.45) is 5.92 Å². The molecule has 5 heteroatoms. The Morgan fingerprint density at radius 3 is 2.65 bits per heavy atom. The van der Waals surface area contributed by atoms with Gasteiger partial charge in [0.1, 0.15) is 0 Å².